The second-order valence-electron chi connectivity index (χ2n) is 8.73. The second kappa shape index (κ2) is 8.55. The number of benzene rings is 1. The fraction of sp³-hybridized carbons (Fsp3) is 0.375. The van der Waals surface area contributed by atoms with E-state index in [0.717, 1.165) is 42.0 Å². The molecule has 0 unspecified atom stereocenters. The van der Waals surface area contributed by atoms with Crippen LogP contribution in [0, 0.1) is 23.5 Å². The lowest BCUT2D eigenvalue weighted by Gasteiger charge is -2.33. The van der Waals surface area contributed by atoms with E-state index >= 15 is 0 Å². The zero-order valence-electron chi connectivity index (χ0n) is 18.2. The Hall–Kier alpha value is -3.33. The highest BCUT2D eigenvalue weighted by atomic mass is 19.1. The lowest BCUT2D eigenvalue weighted by Crippen LogP contribution is -2.40. The van der Waals surface area contributed by atoms with Crippen LogP contribution in [-0.4, -0.2) is 53.1 Å². The molecule has 2 aliphatic rings. The number of piperidine rings is 1. The van der Waals surface area contributed by atoms with Crippen molar-refractivity contribution >= 4 is 22.8 Å². The molecule has 0 saturated carbocycles. The molecule has 2 fully saturated rings. The molecule has 5 rings (SSSR count). The van der Waals surface area contributed by atoms with Crippen LogP contribution in [0.5, 0.6) is 0 Å². The largest absolute Gasteiger partial charge is 0.464 e. The molecule has 2 atom stereocenters. The summed E-state index contributed by atoms with van der Waals surface area (Å²) in [5, 5.41) is 3.78. The number of hydrogen-bond donors (Lipinski definition) is 1. The third-order valence-electron chi connectivity index (χ3n) is 6.69. The van der Waals surface area contributed by atoms with Crippen molar-refractivity contribution in [3.8, 4) is 0 Å². The van der Waals surface area contributed by atoms with Gasteiger partial charge < -0.3 is 14.6 Å². The molecule has 0 bridgehead atoms. The number of carbonyl (C=O) groups excluding carboxylic acids is 2. The summed E-state index contributed by atoms with van der Waals surface area (Å²) in [4.78, 5) is 30.6. The topological polar surface area (TPSA) is 76.5 Å². The molecular weight excluding hydrogens is 430 g/mol. The second-order valence-corrected chi connectivity index (χ2v) is 8.73. The first-order chi connectivity index (χ1) is 15.9. The molecule has 3 aromatic rings. The van der Waals surface area contributed by atoms with Gasteiger partial charge >= 0.3 is 5.97 Å². The zero-order valence-corrected chi connectivity index (χ0v) is 18.2. The predicted molar refractivity (Wildman–Crippen MR) is 116 cm³/mol. The minimum atomic E-state index is -0.623. The number of pyridine rings is 1. The maximum absolute atomic E-state index is 14.3. The van der Waals surface area contributed by atoms with Crippen LogP contribution >= 0.6 is 0 Å². The Labute approximate surface area is 189 Å². The quantitative estimate of drug-likeness (QED) is 0.600. The Morgan fingerprint density at radius 3 is 2.88 bits per heavy atom. The molecule has 172 valence electrons. The summed E-state index contributed by atoms with van der Waals surface area (Å²) >= 11 is 0. The first-order valence-electron chi connectivity index (χ1n) is 10.9. The number of likely N-dealkylation sites (tertiary alicyclic amines) is 1. The molecule has 9 heteroatoms. The van der Waals surface area contributed by atoms with Crippen molar-refractivity contribution < 1.29 is 23.1 Å². The van der Waals surface area contributed by atoms with Gasteiger partial charge in [0.05, 0.1) is 25.4 Å². The van der Waals surface area contributed by atoms with Crippen LogP contribution in [0.25, 0.3) is 10.9 Å². The van der Waals surface area contributed by atoms with Gasteiger partial charge in [0.1, 0.15) is 17.3 Å². The zero-order chi connectivity index (χ0) is 23.1. The summed E-state index contributed by atoms with van der Waals surface area (Å²) < 4.78 is 34.3. The molecule has 33 heavy (non-hydrogen) atoms. The van der Waals surface area contributed by atoms with Crippen molar-refractivity contribution in [2.45, 2.75) is 19.5 Å². The highest BCUT2D eigenvalue weighted by Crippen LogP contribution is 2.30. The summed E-state index contributed by atoms with van der Waals surface area (Å²) in [6.07, 6.45) is 4.32. The van der Waals surface area contributed by atoms with Gasteiger partial charge in [-0.25, -0.2) is 18.6 Å². The number of aromatic nitrogens is 2. The van der Waals surface area contributed by atoms with Gasteiger partial charge in [0.25, 0.3) is 0 Å². The van der Waals surface area contributed by atoms with Gasteiger partial charge in [0.2, 0.25) is 5.91 Å². The first-order valence-corrected chi connectivity index (χ1v) is 10.9. The number of methoxy groups -OCH3 is 1. The van der Waals surface area contributed by atoms with E-state index in [1.165, 1.54) is 19.2 Å². The van der Waals surface area contributed by atoms with Crippen molar-refractivity contribution in [2.24, 2.45) is 11.8 Å². The lowest BCUT2D eigenvalue weighted by molar-refractivity contribution is -0.124. The summed E-state index contributed by atoms with van der Waals surface area (Å²) in [6.45, 7) is 3.12. The molecule has 7 nitrogen and oxygen atoms in total. The fourth-order valence-corrected chi connectivity index (χ4v) is 4.97. The maximum atomic E-state index is 14.3. The third kappa shape index (κ3) is 4.08. The normalized spacial score (nSPS) is 20.6. The number of nitrogens with one attached hydrogen (secondary N) is 1. The number of ether oxygens (including phenoxy) is 1. The van der Waals surface area contributed by atoms with Crippen molar-refractivity contribution in [3.63, 3.8) is 0 Å². The Bertz CT molecular complexity index is 1240. The van der Waals surface area contributed by atoms with Gasteiger partial charge in [-0.2, -0.15) is 0 Å². The van der Waals surface area contributed by atoms with Gasteiger partial charge in [-0.3, -0.25) is 9.69 Å². The van der Waals surface area contributed by atoms with Crippen molar-refractivity contribution in [1.82, 2.24) is 19.8 Å². The predicted octanol–water partition coefficient (Wildman–Crippen LogP) is 2.72. The van der Waals surface area contributed by atoms with E-state index in [1.807, 2.05) is 10.8 Å². The van der Waals surface area contributed by atoms with Crippen LogP contribution in [0.15, 0.2) is 36.7 Å². The van der Waals surface area contributed by atoms with E-state index in [4.69, 9.17) is 4.74 Å². The van der Waals surface area contributed by atoms with Crippen molar-refractivity contribution in [1.29, 1.82) is 0 Å². The molecule has 0 spiro atoms. The fourth-order valence-electron chi connectivity index (χ4n) is 4.97. The van der Waals surface area contributed by atoms with Gasteiger partial charge in [-0.1, -0.05) is 6.07 Å². The number of halogens is 2. The molecular formula is C24H24F2N4O3. The van der Waals surface area contributed by atoms with E-state index in [2.05, 4.69) is 15.2 Å². The number of hydrogen-bond acceptors (Lipinski definition) is 5. The van der Waals surface area contributed by atoms with E-state index in [-0.39, 0.29) is 24.1 Å². The number of amides is 1. The van der Waals surface area contributed by atoms with Crippen LogP contribution in [-0.2, 0) is 22.6 Å². The Kier molecular flexibility index (Phi) is 5.57. The number of esters is 1. The molecule has 1 aromatic carbocycles. The number of fused-ring (bicyclic) bond motifs is 2. The minimum absolute atomic E-state index is 0.0826. The van der Waals surface area contributed by atoms with E-state index in [1.54, 1.807) is 12.3 Å². The minimum Gasteiger partial charge on any atom is -0.464 e. The smallest absolute Gasteiger partial charge is 0.356 e. The van der Waals surface area contributed by atoms with Gasteiger partial charge in [-0.05, 0) is 30.7 Å². The molecule has 1 amide bonds. The summed E-state index contributed by atoms with van der Waals surface area (Å²) in [5.41, 5.74) is 2.26. The maximum Gasteiger partial charge on any atom is 0.356 e. The molecule has 2 aromatic heterocycles. The van der Waals surface area contributed by atoms with Crippen molar-refractivity contribution in [2.75, 3.05) is 26.7 Å². The Morgan fingerprint density at radius 2 is 2.09 bits per heavy atom. The molecule has 2 aliphatic heterocycles. The van der Waals surface area contributed by atoms with Crippen LogP contribution in [0.3, 0.4) is 0 Å². The first kappa shape index (κ1) is 21.5. The van der Waals surface area contributed by atoms with E-state index in [0.29, 0.717) is 24.6 Å². The van der Waals surface area contributed by atoms with Crippen LogP contribution in [0.1, 0.15) is 28.0 Å². The standard InChI is InChI=1S/C24H24F2N4O3/c1-33-24(32)21-7-19-16(11-29-5-4-18-15(10-29)8-28-23(18)31)13-30(22(19)9-27-21)12-14-2-3-17(25)6-20(14)26/h2-3,6-7,9,13,15,18H,4-5,8,10-12H2,1H3,(H,28,31)/t15-,18-/m0/s1. The summed E-state index contributed by atoms with van der Waals surface area (Å²) in [7, 11) is 1.30. The van der Waals surface area contributed by atoms with Crippen LogP contribution in [0.2, 0.25) is 0 Å². The number of carbonyl (C=O) groups is 2. The molecule has 0 aliphatic carbocycles. The molecule has 1 N–H and O–H groups in total. The van der Waals surface area contributed by atoms with Crippen LogP contribution in [0.4, 0.5) is 8.78 Å². The monoisotopic (exact) mass is 454 g/mol. The lowest BCUT2D eigenvalue weighted by atomic mass is 9.88. The van der Waals surface area contributed by atoms with Gasteiger partial charge in [-0.15, -0.1) is 0 Å². The Morgan fingerprint density at radius 1 is 1.24 bits per heavy atom. The summed E-state index contributed by atoms with van der Waals surface area (Å²) in [5.74, 6) is -1.25. The van der Waals surface area contributed by atoms with Gasteiger partial charge in [0.15, 0.2) is 0 Å². The van der Waals surface area contributed by atoms with Crippen molar-refractivity contribution in [3.05, 3.63) is 65.1 Å². The molecule has 4 heterocycles. The SMILES string of the molecule is COC(=O)c1cc2c(CN3CC[C@@H]4C(=O)NC[C@H]4C3)cn(Cc3ccc(F)cc3F)c2cn1. The number of rotatable bonds is 5. The highest BCUT2D eigenvalue weighted by Gasteiger charge is 2.38. The average Bonchev–Trinajstić information content (AvgIpc) is 3.34. The molecule has 2 saturated heterocycles. The van der Waals surface area contributed by atoms with E-state index < -0.39 is 17.6 Å². The van der Waals surface area contributed by atoms with Crippen LogP contribution < -0.4 is 5.32 Å². The molecule has 0 radical (unpaired) electrons. The Balaban J connectivity index is 1.48. The third-order valence-corrected chi connectivity index (χ3v) is 6.69. The van der Waals surface area contributed by atoms with E-state index in [9.17, 15) is 18.4 Å². The number of nitrogens with zero attached hydrogens (tertiary/aromatic N) is 3. The summed E-state index contributed by atoms with van der Waals surface area (Å²) in [6, 6.07) is 5.24. The average molecular weight is 454 g/mol. The highest BCUT2D eigenvalue weighted by molar-refractivity contribution is 5.93. The van der Waals surface area contributed by atoms with Gasteiger partial charge in [0, 0.05) is 54.7 Å².